The zero-order chi connectivity index (χ0) is 12.3. The summed E-state index contributed by atoms with van der Waals surface area (Å²) in [5, 5.41) is 18.7. The Labute approximate surface area is 95.7 Å². The van der Waals surface area contributed by atoms with Gasteiger partial charge in [0.05, 0.1) is 0 Å². The van der Waals surface area contributed by atoms with Gasteiger partial charge in [-0.1, -0.05) is 26.8 Å². The van der Waals surface area contributed by atoms with Crippen molar-refractivity contribution in [3.63, 3.8) is 0 Å². The molecule has 3 heteroatoms. The highest BCUT2D eigenvalue weighted by Crippen LogP contribution is 2.26. The molecule has 0 radical (unpaired) electrons. The fourth-order valence-corrected chi connectivity index (χ4v) is 1.78. The lowest BCUT2D eigenvalue weighted by Gasteiger charge is -2.11. The van der Waals surface area contributed by atoms with Crippen LogP contribution in [-0.4, -0.2) is 16.2 Å². The van der Waals surface area contributed by atoms with Gasteiger partial charge in [-0.05, 0) is 36.0 Å². The number of aryl methyl sites for hydroxylation is 1. The number of phenols is 1. The molecular formula is C13H18O3. The number of carboxylic acid groups (broad SMARTS) is 1. The molecule has 2 N–H and O–H groups in total. The van der Waals surface area contributed by atoms with Crippen molar-refractivity contribution >= 4 is 5.97 Å². The van der Waals surface area contributed by atoms with E-state index in [4.69, 9.17) is 5.11 Å². The van der Waals surface area contributed by atoms with Crippen LogP contribution in [0.25, 0.3) is 0 Å². The van der Waals surface area contributed by atoms with Crippen LogP contribution in [0.4, 0.5) is 0 Å². The quantitative estimate of drug-likeness (QED) is 0.823. The van der Waals surface area contributed by atoms with E-state index in [0.29, 0.717) is 17.9 Å². The second kappa shape index (κ2) is 5.01. The number of aromatic hydroxyl groups is 1. The molecule has 0 saturated carbocycles. The molecule has 0 atom stereocenters. The van der Waals surface area contributed by atoms with E-state index in [-0.39, 0.29) is 11.3 Å². The van der Waals surface area contributed by atoms with Crippen LogP contribution in [0.1, 0.15) is 42.3 Å². The molecule has 0 amide bonds. The van der Waals surface area contributed by atoms with Gasteiger partial charge >= 0.3 is 5.97 Å². The topological polar surface area (TPSA) is 57.5 Å². The third-order valence-electron chi connectivity index (χ3n) is 2.50. The van der Waals surface area contributed by atoms with Crippen molar-refractivity contribution in [1.82, 2.24) is 0 Å². The zero-order valence-electron chi connectivity index (χ0n) is 9.95. The van der Waals surface area contributed by atoms with Gasteiger partial charge in [-0.2, -0.15) is 0 Å². The third kappa shape index (κ3) is 2.75. The fraction of sp³-hybridized carbons (Fsp3) is 0.462. The highest BCUT2D eigenvalue weighted by atomic mass is 16.4. The van der Waals surface area contributed by atoms with Gasteiger partial charge in [-0.15, -0.1) is 0 Å². The van der Waals surface area contributed by atoms with Crippen LogP contribution in [0, 0.1) is 5.92 Å². The van der Waals surface area contributed by atoms with Gasteiger partial charge in [0, 0.05) is 0 Å². The first-order valence-corrected chi connectivity index (χ1v) is 5.53. The van der Waals surface area contributed by atoms with E-state index >= 15 is 0 Å². The number of rotatable bonds is 4. The van der Waals surface area contributed by atoms with Crippen LogP contribution < -0.4 is 0 Å². The second-order valence-electron chi connectivity index (χ2n) is 4.41. The Hall–Kier alpha value is -1.51. The molecule has 0 aliphatic carbocycles. The minimum Gasteiger partial charge on any atom is -0.507 e. The summed E-state index contributed by atoms with van der Waals surface area (Å²) in [4.78, 5) is 11.0. The normalized spacial score (nSPS) is 10.8. The summed E-state index contributed by atoms with van der Waals surface area (Å²) in [7, 11) is 0. The van der Waals surface area contributed by atoms with Gasteiger partial charge in [0.2, 0.25) is 0 Å². The highest BCUT2D eigenvalue weighted by molar-refractivity contribution is 5.91. The molecule has 1 rings (SSSR count). The van der Waals surface area contributed by atoms with Crippen molar-refractivity contribution in [1.29, 1.82) is 0 Å². The summed E-state index contributed by atoms with van der Waals surface area (Å²) >= 11 is 0. The lowest BCUT2D eigenvalue weighted by molar-refractivity contribution is 0.0693. The van der Waals surface area contributed by atoms with Crippen molar-refractivity contribution in [2.75, 3.05) is 0 Å². The minimum absolute atomic E-state index is 0.00926. The molecule has 0 heterocycles. The Morgan fingerprint density at radius 2 is 2.00 bits per heavy atom. The molecule has 1 aromatic carbocycles. The summed E-state index contributed by atoms with van der Waals surface area (Å²) in [5.74, 6) is -0.698. The summed E-state index contributed by atoms with van der Waals surface area (Å²) in [6.07, 6.45) is 1.46. The first kappa shape index (κ1) is 12.6. The van der Waals surface area contributed by atoms with E-state index in [9.17, 15) is 9.90 Å². The van der Waals surface area contributed by atoms with Gasteiger partial charge in [-0.25, -0.2) is 4.79 Å². The van der Waals surface area contributed by atoms with Crippen molar-refractivity contribution in [3.8, 4) is 5.75 Å². The van der Waals surface area contributed by atoms with Crippen LogP contribution in [0.15, 0.2) is 12.1 Å². The number of carboxylic acids is 1. The molecule has 16 heavy (non-hydrogen) atoms. The Morgan fingerprint density at radius 3 is 2.44 bits per heavy atom. The Balaban J connectivity index is 3.23. The standard InChI is InChI=1S/C13H18O3/c1-4-10-6-9(5-8(2)3)7-11(12(10)14)13(15)16/h6-8,14H,4-5H2,1-3H3,(H,15,16). The molecule has 0 saturated heterocycles. The summed E-state index contributed by atoms with van der Waals surface area (Å²) in [6.45, 7) is 6.07. The van der Waals surface area contributed by atoms with Gasteiger partial charge < -0.3 is 10.2 Å². The number of aromatic carboxylic acids is 1. The van der Waals surface area contributed by atoms with Crippen LogP contribution in [0.5, 0.6) is 5.75 Å². The van der Waals surface area contributed by atoms with Crippen molar-refractivity contribution in [3.05, 3.63) is 28.8 Å². The van der Waals surface area contributed by atoms with Gasteiger partial charge in [0.15, 0.2) is 0 Å². The first-order valence-electron chi connectivity index (χ1n) is 5.53. The smallest absolute Gasteiger partial charge is 0.339 e. The number of carbonyl (C=O) groups is 1. The van der Waals surface area contributed by atoms with E-state index in [0.717, 1.165) is 12.0 Å². The largest absolute Gasteiger partial charge is 0.507 e. The maximum Gasteiger partial charge on any atom is 0.339 e. The first-order chi connectivity index (χ1) is 7.45. The van der Waals surface area contributed by atoms with Crippen LogP contribution in [-0.2, 0) is 12.8 Å². The molecule has 0 bridgehead atoms. The molecule has 0 fully saturated rings. The molecule has 0 aliphatic rings. The lowest BCUT2D eigenvalue weighted by atomic mass is 9.96. The van der Waals surface area contributed by atoms with Crippen LogP contribution >= 0.6 is 0 Å². The summed E-state index contributed by atoms with van der Waals surface area (Å²) < 4.78 is 0. The van der Waals surface area contributed by atoms with Gasteiger partial charge in [0.25, 0.3) is 0 Å². The Kier molecular flexibility index (Phi) is 3.93. The zero-order valence-corrected chi connectivity index (χ0v) is 9.95. The molecule has 88 valence electrons. The maximum absolute atomic E-state index is 11.0. The summed E-state index contributed by atoms with van der Waals surface area (Å²) in [5.41, 5.74) is 1.69. The Bertz CT molecular complexity index is 394. The third-order valence-corrected chi connectivity index (χ3v) is 2.50. The molecular weight excluding hydrogens is 204 g/mol. The predicted molar refractivity (Wildman–Crippen MR) is 63.0 cm³/mol. The van der Waals surface area contributed by atoms with E-state index in [1.54, 1.807) is 6.07 Å². The van der Waals surface area contributed by atoms with E-state index in [1.807, 2.05) is 13.0 Å². The van der Waals surface area contributed by atoms with Crippen LogP contribution in [0.2, 0.25) is 0 Å². The number of benzene rings is 1. The number of hydrogen-bond acceptors (Lipinski definition) is 2. The summed E-state index contributed by atoms with van der Waals surface area (Å²) in [6, 6.07) is 3.46. The molecule has 1 aromatic rings. The molecule has 3 nitrogen and oxygen atoms in total. The second-order valence-corrected chi connectivity index (χ2v) is 4.41. The molecule has 0 aromatic heterocycles. The predicted octanol–water partition coefficient (Wildman–Crippen LogP) is 2.85. The van der Waals surface area contributed by atoms with Crippen molar-refractivity contribution < 1.29 is 15.0 Å². The van der Waals surface area contributed by atoms with Gasteiger partial charge in [-0.3, -0.25) is 0 Å². The molecule has 0 spiro atoms. The fourth-order valence-electron chi connectivity index (χ4n) is 1.78. The minimum atomic E-state index is -1.07. The van der Waals surface area contributed by atoms with Crippen molar-refractivity contribution in [2.24, 2.45) is 5.92 Å². The van der Waals surface area contributed by atoms with E-state index in [2.05, 4.69) is 13.8 Å². The van der Waals surface area contributed by atoms with E-state index < -0.39 is 5.97 Å². The van der Waals surface area contributed by atoms with E-state index in [1.165, 1.54) is 0 Å². The van der Waals surface area contributed by atoms with Crippen LogP contribution in [0.3, 0.4) is 0 Å². The molecule has 0 unspecified atom stereocenters. The SMILES string of the molecule is CCc1cc(CC(C)C)cc(C(=O)O)c1O. The molecule has 0 aliphatic heterocycles. The highest BCUT2D eigenvalue weighted by Gasteiger charge is 2.14. The average molecular weight is 222 g/mol. The van der Waals surface area contributed by atoms with Gasteiger partial charge in [0.1, 0.15) is 11.3 Å². The lowest BCUT2D eigenvalue weighted by Crippen LogP contribution is -2.03. The Morgan fingerprint density at radius 1 is 1.38 bits per heavy atom. The maximum atomic E-state index is 11.0. The van der Waals surface area contributed by atoms with Crippen molar-refractivity contribution in [2.45, 2.75) is 33.6 Å². The average Bonchev–Trinajstić information content (AvgIpc) is 2.19. The number of hydrogen-bond donors (Lipinski definition) is 2. The monoisotopic (exact) mass is 222 g/mol.